The van der Waals surface area contributed by atoms with Crippen LogP contribution in [0.4, 0.5) is 0 Å². The first-order valence-electron chi connectivity index (χ1n) is 4.92. The molecule has 2 rings (SSSR count). The first-order chi connectivity index (χ1) is 7.16. The van der Waals surface area contributed by atoms with E-state index >= 15 is 0 Å². The number of benzene rings is 1. The molecule has 0 aliphatic carbocycles. The first-order valence-corrected chi connectivity index (χ1v) is 5.71. The fraction of sp³-hybridized carbons (Fsp3) is 0.250. The van der Waals surface area contributed by atoms with Crippen molar-refractivity contribution in [2.45, 2.75) is 19.8 Å². The minimum atomic E-state index is 0.237. The Balaban J connectivity index is 2.32. The first kappa shape index (κ1) is 10.4. The Morgan fingerprint density at radius 3 is 3.00 bits per heavy atom. The lowest BCUT2D eigenvalue weighted by molar-refractivity contribution is -0.116. The summed E-state index contributed by atoms with van der Waals surface area (Å²) in [6.07, 6.45) is 3.42. The molecule has 0 bridgehead atoms. The van der Waals surface area contributed by atoms with Gasteiger partial charge in [0.05, 0.1) is 0 Å². The molecule has 0 saturated carbocycles. The number of Topliss-reactive ketones (excluding diaryl/α,β-unsaturated/α-hetero) is 1. The van der Waals surface area contributed by atoms with Crippen LogP contribution in [0, 0.1) is 0 Å². The van der Waals surface area contributed by atoms with Gasteiger partial charge in [0.25, 0.3) is 0 Å². The third kappa shape index (κ3) is 2.29. The number of fused-ring (bicyclic) bond motifs is 1. The molecule has 1 aromatic heterocycles. The zero-order valence-corrected chi connectivity index (χ0v) is 10.1. The predicted octanol–water partition coefficient (Wildman–Crippen LogP) is 3.45. The van der Waals surface area contributed by atoms with Crippen LogP contribution < -0.4 is 0 Å². The normalized spacial score (nSPS) is 10.8. The highest BCUT2D eigenvalue weighted by molar-refractivity contribution is 9.10. The molecule has 0 saturated heterocycles. The van der Waals surface area contributed by atoms with Crippen molar-refractivity contribution >= 4 is 32.6 Å². The Kier molecular flexibility index (Phi) is 2.91. The van der Waals surface area contributed by atoms with Gasteiger partial charge in [-0.15, -0.1) is 0 Å². The summed E-state index contributed by atoms with van der Waals surface area (Å²) in [5.74, 6) is 0.237. The highest BCUT2D eigenvalue weighted by atomic mass is 79.9. The molecule has 0 unspecified atom stereocenters. The number of nitrogens with one attached hydrogen (secondary N) is 1. The highest BCUT2D eigenvalue weighted by Gasteiger charge is 2.04. The Bertz CT molecular complexity index is 501. The van der Waals surface area contributed by atoms with Gasteiger partial charge >= 0.3 is 0 Å². The number of halogens is 1. The molecule has 0 aliphatic rings. The van der Waals surface area contributed by atoms with Crippen LogP contribution in [0.3, 0.4) is 0 Å². The third-order valence-electron chi connectivity index (χ3n) is 2.48. The van der Waals surface area contributed by atoms with Gasteiger partial charge in [0.2, 0.25) is 0 Å². The Labute approximate surface area is 96.8 Å². The molecular formula is C12H12BrNO. The molecule has 0 amide bonds. The summed E-state index contributed by atoms with van der Waals surface area (Å²) in [6.45, 7) is 1.63. The highest BCUT2D eigenvalue weighted by Crippen LogP contribution is 2.23. The lowest BCUT2D eigenvalue weighted by atomic mass is 10.1. The molecule has 3 heteroatoms. The molecule has 1 heterocycles. The van der Waals surface area contributed by atoms with Gasteiger partial charge in [-0.2, -0.15) is 0 Å². The van der Waals surface area contributed by atoms with Crippen LogP contribution in [0.15, 0.2) is 28.9 Å². The number of hydrogen-bond donors (Lipinski definition) is 1. The molecule has 2 nitrogen and oxygen atoms in total. The van der Waals surface area contributed by atoms with E-state index in [4.69, 9.17) is 0 Å². The average Bonchev–Trinajstić information content (AvgIpc) is 2.57. The van der Waals surface area contributed by atoms with E-state index in [1.165, 1.54) is 10.9 Å². The number of H-pyrrole nitrogens is 1. The van der Waals surface area contributed by atoms with Gasteiger partial charge in [0.1, 0.15) is 5.78 Å². The lowest BCUT2D eigenvalue weighted by Crippen LogP contribution is -1.92. The van der Waals surface area contributed by atoms with E-state index in [0.29, 0.717) is 6.42 Å². The van der Waals surface area contributed by atoms with E-state index in [1.54, 1.807) is 6.92 Å². The largest absolute Gasteiger partial charge is 0.361 e. The second-order valence-electron chi connectivity index (χ2n) is 3.71. The van der Waals surface area contributed by atoms with Crippen molar-refractivity contribution in [3.8, 4) is 0 Å². The molecule has 78 valence electrons. The van der Waals surface area contributed by atoms with Gasteiger partial charge in [-0.25, -0.2) is 0 Å². The van der Waals surface area contributed by atoms with Gasteiger partial charge in [-0.3, -0.25) is 0 Å². The summed E-state index contributed by atoms with van der Waals surface area (Å²) in [5.41, 5.74) is 2.33. The molecule has 1 N–H and O–H groups in total. The molecule has 2 aromatic rings. The number of ketones is 1. The maximum atomic E-state index is 10.9. The Morgan fingerprint density at radius 2 is 2.27 bits per heavy atom. The van der Waals surface area contributed by atoms with Crippen LogP contribution in [-0.2, 0) is 11.2 Å². The predicted molar refractivity (Wildman–Crippen MR) is 65.0 cm³/mol. The Hall–Kier alpha value is -1.09. The molecule has 0 radical (unpaired) electrons. The second-order valence-corrected chi connectivity index (χ2v) is 4.62. The van der Waals surface area contributed by atoms with E-state index in [1.807, 2.05) is 18.3 Å². The van der Waals surface area contributed by atoms with E-state index in [9.17, 15) is 4.79 Å². The van der Waals surface area contributed by atoms with Crippen LogP contribution in [0.25, 0.3) is 10.9 Å². The number of carbonyl (C=O) groups is 1. The van der Waals surface area contributed by atoms with Crippen LogP contribution in [-0.4, -0.2) is 10.8 Å². The molecular weight excluding hydrogens is 254 g/mol. The summed E-state index contributed by atoms with van der Waals surface area (Å²) in [5, 5.41) is 1.21. The zero-order chi connectivity index (χ0) is 10.8. The standard InChI is InChI=1S/C12H12BrNO/c1-8(15)2-3-9-7-14-12-6-10(13)4-5-11(9)12/h4-7,14H,2-3H2,1H3. The van der Waals surface area contributed by atoms with Crippen molar-refractivity contribution in [1.29, 1.82) is 0 Å². The van der Waals surface area contributed by atoms with E-state index < -0.39 is 0 Å². The van der Waals surface area contributed by atoms with Crippen molar-refractivity contribution < 1.29 is 4.79 Å². The summed E-state index contributed by atoms with van der Waals surface area (Å²) in [7, 11) is 0. The van der Waals surface area contributed by atoms with Gasteiger partial charge in [-0.1, -0.05) is 22.0 Å². The summed E-state index contributed by atoms with van der Waals surface area (Å²) < 4.78 is 1.06. The molecule has 15 heavy (non-hydrogen) atoms. The molecule has 0 spiro atoms. The van der Waals surface area contributed by atoms with Crippen molar-refractivity contribution in [2.24, 2.45) is 0 Å². The van der Waals surface area contributed by atoms with Gasteiger partial charge in [0, 0.05) is 28.0 Å². The van der Waals surface area contributed by atoms with Crippen LogP contribution in [0.2, 0.25) is 0 Å². The average molecular weight is 266 g/mol. The molecule has 1 aromatic carbocycles. The number of carbonyl (C=O) groups excluding carboxylic acids is 1. The smallest absolute Gasteiger partial charge is 0.130 e. The van der Waals surface area contributed by atoms with E-state index in [-0.39, 0.29) is 5.78 Å². The fourth-order valence-electron chi connectivity index (χ4n) is 1.68. The third-order valence-corrected chi connectivity index (χ3v) is 2.97. The molecule has 0 aliphatic heterocycles. The zero-order valence-electron chi connectivity index (χ0n) is 8.51. The molecule has 0 fully saturated rings. The van der Waals surface area contributed by atoms with E-state index in [2.05, 4.69) is 27.0 Å². The number of rotatable bonds is 3. The maximum absolute atomic E-state index is 10.9. The molecule has 0 atom stereocenters. The quantitative estimate of drug-likeness (QED) is 0.906. The SMILES string of the molecule is CC(=O)CCc1c[nH]c2cc(Br)ccc12. The van der Waals surface area contributed by atoms with Crippen molar-refractivity contribution in [2.75, 3.05) is 0 Å². The second kappa shape index (κ2) is 4.19. The summed E-state index contributed by atoms with van der Waals surface area (Å²) >= 11 is 3.43. The van der Waals surface area contributed by atoms with Crippen LogP contribution >= 0.6 is 15.9 Å². The van der Waals surface area contributed by atoms with Crippen molar-refractivity contribution in [3.63, 3.8) is 0 Å². The van der Waals surface area contributed by atoms with Crippen LogP contribution in [0.5, 0.6) is 0 Å². The minimum Gasteiger partial charge on any atom is -0.361 e. The maximum Gasteiger partial charge on any atom is 0.130 e. The topological polar surface area (TPSA) is 32.9 Å². The lowest BCUT2D eigenvalue weighted by Gasteiger charge is -1.97. The van der Waals surface area contributed by atoms with Gasteiger partial charge in [-0.05, 0) is 31.0 Å². The number of aryl methyl sites for hydroxylation is 1. The number of aromatic nitrogens is 1. The number of hydrogen-bond acceptors (Lipinski definition) is 1. The van der Waals surface area contributed by atoms with Crippen molar-refractivity contribution in [1.82, 2.24) is 4.98 Å². The summed E-state index contributed by atoms with van der Waals surface area (Å²) in [6, 6.07) is 6.14. The van der Waals surface area contributed by atoms with Gasteiger partial charge in [0.15, 0.2) is 0 Å². The summed E-state index contributed by atoms with van der Waals surface area (Å²) in [4.78, 5) is 14.1. The fourth-order valence-corrected chi connectivity index (χ4v) is 2.04. The number of aromatic amines is 1. The van der Waals surface area contributed by atoms with E-state index in [0.717, 1.165) is 16.4 Å². The minimum absolute atomic E-state index is 0.237. The van der Waals surface area contributed by atoms with Crippen molar-refractivity contribution in [3.05, 3.63) is 34.4 Å². The van der Waals surface area contributed by atoms with Crippen LogP contribution in [0.1, 0.15) is 18.9 Å². The van der Waals surface area contributed by atoms with Gasteiger partial charge < -0.3 is 9.78 Å². The monoisotopic (exact) mass is 265 g/mol. The Morgan fingerprint density at radius 1 is 1.47 bits per heavy atom.